The van der Waals surface area contributed by atoms with Crippen molar-refractivity contribution in [3.63, 3.8) is 0 Å². The lowest BCUT2D eigenvalue weighted by molar-refractivity contribution is 0.108. The van der Waals surface area contributed by atoms with E-state index in [4.69, 9.17) is 4.74 Å². The van der Waals surface area contributed by atoms with Crippen LogP contribution in [0.1, 0.15) is 15.9 Å². The number of aromatic amines is 1. The number of benzene rings is 2. The number of thioether (sulfide) groups is 1. The number of phenolic OH excluding ortho intramolecular Hbond substituents is 1. The van der Waals surface area contributed by atoms with Gasteiger partial charge in [-0.2, -0.15) is 0 Å². The van der Waals surface area contributed by atoms with Crippen LogP contribution in [0.3, 0.4) is 0 Å². The van der Waals surface area contributed by atoms with Gasteiger partial charge in [-0.15, -0.1) is 0 Å². The van der Waals surface area contributed by atoms with Crippen molar-refractivity contribution >= 4 is 27.9 Å². The summed E-state index contributed by atoms with van der Waals surface area (Å²) in [5.74, 6) is 0.391. The van der Waals surface area contributed by atoms with Crippen LogP contribution in [-0.2, 0) is 0 Å². The summed E-state index contributed by atoms with van der Waals surface area (Å²) in [5, 5.41) is 10.1. The molecule has 22 heavy (non-hydrogen) atoms. The molecule has 3 rings (SSSR count). The molecule has 0 bridgehead atoms. The van der Waals surface area contributed by atoms with E-state index in [0.29, 0.717) is 10.9 Å². The maximum absolute atomic E-state index is 12.3. The Morgan fingerprint density at radius 1 is 1.27 bits per heavy atom. The molecule has 0 atom stereocenters. The Kier molecular flexibility index (Phi) is 3.77. The predicted molar refractivity (Wildman–Crippen MR) is 85.7 cm³/mol. The number of hydrogen-bond donors (Lipinski definition) is 2. The Morgan fingerprint density at radius 3 is 2.82 bits per heavy atom. The lowest BCUT2D eigenvalue weighted by Crippen LogP contribution is -1.95. The first-order valence-corrected chi connectivity index (χ1v) is 7.44. The Bertz CT molecular complexity index is 858. The van der Waals surface area contributed by atoms with Crippen LogP contribution in [0, 0.1) is 6.92 Å². The van der Waals surface area contributed by atoms with Gasteiger partial charge in [0.25, 0.3) is 0 Å². The van der Waals surface area contributed by atoms with Crippen LogP contribution in [0.5, 0.6) is 11.5 Å². The summed E-state index contributed by atoms with van der Waals surface area (Å²) < 4.78 is 5.00. The minimum Gasteiger partial charge on any atom is -0.507 e. The molecule has 0 unspecified atom stereocenters. The number of H-pyrrole nitrogens is 1. The summed E-state index contributed by atoms with van der Waals surface area (Å²) in [5.41, 5.74) is 3.03. The topological polar surface area (TPSA) is 75.2 Å². The Labute approximate surface area is 131 Å². The van der Waals surface area contributed by atoms with Crippen LogP contribution < -0.4 is 4.74 Å². The molecule has 1 aromatic heterocycles. The third-order valence-corrected chi connectivity index (χ3v) is 4.02. The molecule has 2 N–H and O–H groups in total. The van der Waals surface area contributed by atoms with Crippen molar-refractivity contribution in [3.8, 4) is 11.5 Å². The van der Waals surface area contributed by atoms with Gasteiger partial charge in [0.1, 0.15) is 11.5 Å². The number of rotatable bonds is 3. The number of aromatic hydroxyl groups is 1. The largest absolute Gasteiger partial charge is 0.507 e. The molecule has 0 aliphatic rings. The Hall–Kier alpha value is -2.47. The highest BCUT2D eigenvalue weighted by molar-refractivity contribution is 8.14. The maximum atomic E-state index is 12.3. The number of carbonyl (C=O) groups excluding carboxylic acids is 1. The van der Waals surface area contributed by atoms with Gasteiger partial charge in [-0.25, -0.2) is 4.98 Å². The van der Waals surface area contributed by atoms with Gasteiger partial charge in [0.2, 0.25) is 5.12 Å². The molecule has 0 aliphatic heterocycles. The molecule has 0 saturated carbocycles. The van der Waals surface area contributed by atoms with Gasteiger partial charge in [0.05, 0.1) is 23.7 Å². The van der Waals surface area contributed by atoms with E-state index in [1.54, 1.807) is 6.07 Å². The average molecular weight is 314 g/mol. The third-order valence-electron chi connectivity index (χ3n) is 3.23. The van der Waals surface area contributed by atoms with Crippen LogP contribution in [0.15, 0.2) is 41.6 Å². The summed E-state index contributed by atoms with van der Waals surface area (Å²) >= 11 is 0.950. The minimum atomic E-state index is -0.282. The zero-order chi connectivity index (χ0) is 15.7. The number of aromatic nitrogens is 2. The van der Waals surface area contributed by atoms with Gasteiger partial charge < -0.3 is 14.8 Å². The average Bonchev–Trinajstić information content (AvgIpc) is 2.88. The van der Waals surface area contributed by atoms with Crippen molar-refractivity contribution in [2.75, 3.05) is 7.11 Å². The highest BCUT2D eigenvalue weighted by Crippen LogP contribution is 2.30. The van der Waals surface area contributed by atoms with E-state index in [2.05, 4.69) is 9.97 Å². The van der Waals surface area contributed by atoms with Crippen LogP contribution in [0.4, 0.5) is 0 Å². The van der Waals surface area contributed by atoms with Crippen LogP contribution >= 0.6 is 11.8 Å². The second kappa shape index (κ2) is 5.73. The molecular weight excluding hydrogens is 300 g/mol. The second-order valence-corrected chi connectivity index (χ2v) is 5.80. The zero-order valence-corrected chi connectivity index (χ0v) is 12.9. The first kappa shape index (κ1) is 14.5. The molecule has 112 valence electrons. The van der Waals surface area contributed by atoms with Gasteiger partial charge in [0.15, 0.2) is 5.16 Å². The molecule has 3 aromatic rings. The standard InChI is InChI=1S/C16H14N2O3S/c1-9-3-6-12-13(7-9)18-16(17-12)22-15(20)11-5-4-10(21-2)8-14(11)19/h3-8,19H,1-2H3,(H,17,18). The lowest BCUT2D eigenvalue weighted by atomic mass is 10.2. The number of phenols is 1. The van der Waals surface area contributed by atoms with Crippen molar-refractivity contribution in [2.45, 2.75) is 12.1 Å². The van der Waals surface area contributed by atoms with Crippen LogP contribution in [0.2, 0.25) is 0 Å². The van der Waals surface area contributed by atoms with E-state index in [0.717, 1.165) is 28.4 Å². The first-order chi connectivity index (χ1) is 10.6. The Morgan fingerprint density at radius 2 is 2.09 bits per heavy atom. The molecule has 0 amide bonds. The fourth-order valence-electron chi connectivity index (χ4n) is 2.10. The first-order valence-electron chi connectivity index (χ1n) is 6.62. The van der Waals surface area contributed by atoms with E-state index in [-0.39, 0.29) is 16.4 Å². The van der Waals surface area contributed by atoms with Crippen molar-refractivity contribution in [3.05, 3.63) is 47.5 Å². The van der Waals surface area contributed by atoms with Gasteiger partial charge in [-0.05, 0) is 48.5 Å². The van der Waals surface area contributed by atoms with E-state index in [1.165, 1.54) is 19.2 Å². The second-order valence-electron chi connectivity index (χ2n) is 4.84. The van der Waals surface area contributed by atoms with Crippen LogP contribution in [0.25, 0.3) is 11.0 Å². The molecule has 0 fully saturated rings. The number of fused-ring (bicyclic) bond motifs is 1. The zero-order valence-electron chi connectivity index (χ0n) is 12.1. The van der Waals surface area contributed by atoms with Crippen molar-refractivity contribution in [2.24, 2.45) is 0 Å². The summed E-state index contributed by atoms with van der Waals surface area (Å²) in [6.07, 6.45) is 0. The number of nitrogens with zero attached hydrogens (tertiary/aromatic N) is 1. The summed E-state index contributed by atoms with van der Waals surface area (Å²) in [6.45, 7) is 1.99. The summed E-state index contributed by atoms with van der Waals surface area (Å²) in [7, 11) is 1.50. The number of methoxy groups -OCH3 is 1. The predicted octanol–water partition coefficient (Wildman–Crippen LogP) is 3.52. The maximum Gasteiger partial charge on any atom is 0.230 e. The molecule has 0 aliphatic carbocycles. The number of hydrogen-bond acceptors (Lipinski definition) is 5. The fourth-order valence-corrected chi connectivity index (χ4v) is 2.87. The van der Waals surface area contributed by atoms with Crippen molar-refractivity contribution < 1.29 is 14.6 Å². The number of nitrogens with one attached hydrogen (secondary N) is 1. The molecular formula is C16H14N2O3S. The summed E-state index contributed by atoms with van der Waals surface area (Å²) in [6, 6.07) is 10.4. The molecule has 2 aromatic carbocycles. The number of aryl methyl sites for hydroxylation is 1. The molecule has 1 heterocycles. The molecule has 5 nitrogen and oxygen atoms in total. The van der Waals surface area contributed by atoms with Crippen molar-refractivity contribution in [1.29, 1.82) is 0 Å². The van der Waals surface area contributed by atoms with Gasteiger partial charge >= 0.3 is 0 Å². The van der Waals surface area contributed by atoms with Crippen LogP contribution in [-0.4, -0.2) is 27.3 Å². The normalized spacial score (nSPS) is 10.8. The molecule has 0 spiro atoms. The summed E-state index contributed by atoms with van der Waals surface area (Å²) in [4.78, 5) is 19.7. The van der Waals surface area contributed by atoms with Gasteiger partial charge in [-0.1, -0.05) is 6.07 Å². The minimum absolute atomic E-state index is 0.108. The van der Waals surface area contributed by atoms with Gasteiger partial charge in [-0.3, -0.25) is 4.79 Å². The number of ether oxygens (including phenoxy) is 1. The number of carbonyl (C=O) groups is 1. The number of imidazole rings is 1. The molecule has 6 heteroatoms. The third kappa shape index (κ3) is 2.78. The fraction of sp³-hybridized carbons (Fsp3) is 0.125. The quantitative estimate of drug-likeness (QED) is 0.724. The van der Waals surface area contributed by atoms with E-state index >= 15 is 0 Å². The molecule has 0 saturated heterocycles. The SMILES string of the molecule is COc1ccc(C(=O)Sc2nc3ccc(C)cc3[nH]2)c(O)c1. The monoisotopic (exact) mass is 314 g/mol. The van der Waals surface area contributed by atoms with E-state index < -0.39 is 0 Å². The Balaban J connectivity index is 1.86. The smallest absolute Gasteiger partial charge is 0.230 e. The van der Waals surface area contributed by atoms with Gasteiger partial charge in [0, 0.05) is 6.07 Å². The van der Waals surface area contributed by atoms with Crippen molar-refractivity contribution in [1.82, 2.24) is 9.97 Å². The molecule has 0 radical (unpaired) electrons. The van der Waals surface area contributed by atoms with E-state index in [1.807, 2.05) is 25.1 Å². The van der Waals surface area contributed by atoms with E-state index in [9.17, 15) is 9.90 Å². The lowest BCUT2D eigenvalue weighted by Gasteiger charge is -2.04. The highest BCUT2D eigenvalue weighted by Gasteiger charge is 2.16. The highest BCUT2D eigenvalue weighted by atomic mass is 32.2.